The lowest BCUT2D eigenvalue weighted by molar-refractivity contribution is -0.139. The predicted molar refractivity (Wildman–Crippen MR) is 109 cm³/mol. The highest BCUT2D eigenvalue weighted by molar-refractivity contribution is 6.01. The summed E-state index contributed by atoms with van der Waals surface area (Å²) in [5.74, 6) is 0.132. The fourth-order valence-corrected chi connectivity index (χ4v) is 4.03. The van der Waals surface area contributed by atoms with Gasteiger partial charge in [-0.25, -0.2) is 4.79 Å². The fourth-order valence-electron chi connectivity index (χ4n) is 4.03. The quantitative estimate of drug-likeness (QED) is 0.757. The molecular weight excluding hydrogens is 384 g/mol. The molecule has 2 atom stereocenters. The van der Waals surface area contributed by atoms with E-state index in [1.165, 1.54) is 9.80 Å². The molecule has 2 saturated heterocycles. The second-order valence-electron chi connectivity index (χ2n) is 7.82. The summed E-state index contributed by atoms with van der Waals surface area (Å²) in [5, 5.41) is 6.02. The number of amides is 4. The first-order chi connectivity index (χ1) is 14.5. The van der Waals surface area contributed by atoms with E-state index in [1.807, 2.05) is 31.2 Å². The van der Waals surface area contributed by atoms with Crippen LogP contribution in [0.25, 0.3) is 0 Å². The summed E-state index contributed by atoms with van der Waals surface area (Å²) in [6.07, 6.45) is 3.09. The Morgan fingerprint density at radius 2 is 2.03 bits per heavy atom. The van der Waals surface area contributed by atoms with Crippen molar-refractivity contribution in [2.24, 2.45) is 0 Å². The number of urea groups is 1. The Kier molecular flexibility index (Phi) is 5.85. The summed E-state index contributed by atoms with van der Waals surface area (Å²) >= 11 is 0. The van der Waals surface area contributed by atoms with Gasteiger partial charge < -0.3 is 20.0 Å². The van der Waals surface area contributed by atoms with Crippen molar-refractivity contribution in [1.29, 1.82) is 0 Å². The van der Waals surface area contributed by atoms with Crippen molar-refractivity contribution in [2.75, 3.05) is 13.1 Å². The number of carbonyl (C=O) groups is 3. The molecule has 0 spiro atoms. The minimum atomic E-state index is -0.486. The average Bonchev–Trinajstić information content (AvgIpc) is 3.28. The lowest BCUT2D eigenvalue weighted by atomic mass is 9.93. The van der Waals surface area contributed by atoms with Gasteiger partial charge in [-0.15, -0.1) is 0 Å². The second-order valence-corrected chi connectivity index (χ2v) is 7.82. The molecule has 0 radical (unpaired) electrons. The van der Waals surface area contributed by atoms with Crippen molar-refractivity contribution < 1.29 is 18.8 Å². The molecule has 2 aliphatic rings. The van der Waals surface area contributed by atoms with Gasteiger partial charge in [0.1, 0.15) is 18.3 Å². The Morgan fingerprint density at radius 3 is 2.77 bits per heavy atom. The molecule has 1 aromatic carbocycles. The van der Waals surface area contributed by atoms with Gasteiger partial charge in [0.25, 0.3) is 0 Å². The van der Waals surface area contributed by atoms with Gasteiger partial charge in [-0.3, -0.25) is 14.5 Å². The average molecular weight is 410 g/mol. The summed E-state index contributed by atoms with van der Waals surface area (Å²) < 4.78 is 5.23. The largest absolute Gasteiger partial charge is 0.467 e. The molecule has 2 unspecified atom stereocenters. The smallest absolute Gasteiger partial charge is 0.327 e. The zero-order valence-electron chi connectivity index (χ0n) is 17.0. The van der Waals surface area contributed by atoms with Gasteiger partial charge in [-0.2, -0.15) is 0 Å². The first kappa shape index (κ1) is 20.2. The Balaban J connectivity index is 1.49. The summed E-state index contributed by atoms with van der Waals surface area (Å²) in [7, 11) is 0. The van der Waals surface area contributed by atoms with Crippen LogP contribution >= 0.6 is 0 Å². The number of aryl methyl sites for hydroxylation is 1. The molecular formula is C22H26N4O4. The third-order valence-corrected chi connectivity index (χ3v) is 5.65. The third kappa shape index (κ3) is 4.23. The number of nitrogens with one attached hydrogen (secondary N) is 2. The van der Waals surface area contributed by atoms with Gasteiger partial charge >= 0.3 is 6.03 Å². The maximum absolute atomic E-state index is 13.2. The molecule has 0 saturated carbocycles. The lowest BCUT2D eigenvalue weighted by Gasteiger charge is -2.46. The normalized spacial score (nSPS) is 21.5. The van der Waals surface area contributed by atoms with Crippen LogP contribution in [0.3, 0.4) is 0 Å². The number of hydrogen-bond acceptors (Lipinski definition) is 5. The highest BCUT2D eigenvalue weighted by Gasteiger charge is 2.47. The van der Waals surface area contributed by atoms with Crippen LogP contribution in [0.1, 0.15) is 29.7 Å². The van der Waals surface area contributed by atoms with E-state index in [2.05, 4.69) is 10.6 Å². The predicted octanol–water partition coefficient (Wildman–Crippen LogP) is 1.79. The molecule has 3 heterocycles. The summed E-state index contributed by atoms with van der Waals surface area (Å²) in [5.41, 5.74) is 1.98. The van der Waals surface area contributed by atoms with Crippen LogP contribution in [0.4, 0.5) is 4.79 Å². The second kappa shape index (κ2) is 8.71. The number of furan rings is 1. The Bertz CT molecular complexity index is 910. The van der Waals surface area contributed by atoms with Crippen molar-refractivity contribution >= 4 is 17.8 Å². The van der Waals surface area contributed by atoms with Gasteiger partial charge in [0.05, 0.1) is 25.4 Å². The number of benzene rings is 1. The van der Waals surface area contributed by atoms with Gasteiger partial charge in [0.2, 0.25) is 11.8 Å². The molecule has 8 nitrogen and oxygen atoms in total. The molecule has 0 aliphatic carbocycles. The van der Waals surface area contributed by atoms with Crippen LogP contribution in [0.5, 0.6) is 0 Å². The van der Waals surface area contributed by atoms with Crippen molar-refractivity contribution in [3.8, 4) is 0 Å². The molecule has 0 bridgehead atoms. The number of rotatable bonds is 6. The zero-order valence-corrected chi connectivity index (χ0v) is 17.0. The number of imide groups is 1. The highest BCUT2D eigenvalue weighted by Crippen LogP contribution is 2.25. The number of piperidine rings is 1. The molecule has 2 aromatic rings. The Labute approximate surface area is 175 Å². The Morgan fingerprint density at radius 1 is 1.23 bits per heavy atom. The van der Waals surface area contributed by atoms with Crippen LogP contribution in [0.2, 0.25) is 0 Å². The van der Waals surface area contributed by atoms with Gasteiger partial charge in [-0.1, -0.05) is 29.8 Å². The van der Waals surface area contributed by atoms with Crippen molar-refractivity contribution in [1.82, 2.24) is 20.4 Å². The van der Waals surface area contributed by atoms with E-state index >= 15 is 0 Å². The maximum atomic E-state index is 13.2. The van der Waals surface area contributed by atoms with E-state index in [1.54, 1.807) is 18.4 Å². The SMILES string of the molecule is Cc1ccc(CN2C(=O)C3NCCCC3N(CC(=O)NCc3ccco3)C2=O)cc1. The summed E-state index contributed by atoms with van der Waals surface area (Å²) in [6, 6.07) is 10.0. The number of carbonyl (C=O) groups excluding carboxylic acids is 3. The minimum Gasteiger partial charge on any atom is -0.467 e. The van der Waals surface area contributed by atoms with Crippen molar-refractivity contribution in [2.45, 2.75) is 44.9 Å². The van der Waals surface area contributed by atoms with Gasteiger partial charge in [0.15, 0.2) is 0 Å². The number of hydrogen-bond donors (Lipinski definition) is 2. The molecule has 158 valence electrons. The van der Waals surface area contributed by atoms with E-state index in [0.717, 1.165) is 24.1 Å². The fraction of sp³-hybridized carbons (Fsp3) is 0.409. The van der Waals surface area contributed by atoms with Gasteiger partial charge in [-0.05, 0) is 44.0 Å². The topological polar surface area (TPSA) is 94.9 Å². The first-order valence-electron chi connectivity index (χ1n) is 10.2. The molecule has 2 fully saturated rings. The summed E-state index contributed by atoms with van der Waals surface area (Å²) in [6.45, 7) is 3.05. The highest BCUT2D eigenvalue weighted by atomic mass is 16.3. The molecule has 4 rings (SSSR count). The van der Waals surface area contributed by atoms with E-state index in [4.69, 9.17) is 4.42 Å². The van der Waals surface area contributed by atoms with Crippen molar-refractivity contribution in [3.05, 3.63) is 59.5 Å². The zero-order chi connectivity index (χ0) is 21.1. The van der Waals surface area contributed by atoms with E-state index in [-0.39, 0.29) is 37.5 Å². The van der Waals surface area contributed by atoms with Crippen LogP contribution in [0.15, 0.2) is 47.1 Å². The first-order valence-corrected chi connectivity index (χ1v) is 10.2. The van der Waals surface area contributed by atoms with Crippen LogP contribution < -0.4 is 10.6 Å². The van der Waals surface area contributed by atoms with Crippen LogP contribution in [0, 0.1) is 6.92 Å². The lowest BCUT2D eigenvalue weighted by Crippen LogP contribution is -2.70. The maximum Gasteiger partial charge on any atom is 0.327 e. The van der Waals surface area contributed by atoms with Crippen molar-refractivity contribution in [3.63, 3.8) is 0 Å². The summed E-state index contributed by atoms with van der Waals surface area (Å²) in [4.78, 5) is 41.6. The number of fused-ring (bicyclic) bond motifs is 1. The molecule has 30 heavy (non-hydrogen) atoms. The molecule has 2 N–H and O–H groups in total. The number of nitrogens with zero attached hydrogens (tertiary/aromatic N) is 2. The van der Waals surface area contributed by atoms with Crippen LogP contribution in [-0.2, 0) is 22.7 Å². The molecule has 2 aliphatic heterocycles. The molecule has 1 aromatic heterocycles. The van der Waals surface area contributed by atoms with E-state index in [9.17, 15) is 14.4 Å². The van der Waals surface area contributed by atoms with Gasteiger partial charge in [0, 0.05) is 0 Å². The monoisotopic (exact) mass is 410 g/mol. The molecule has 4 amide bonds. The minimum absolute atomic E-state index is 0.0972. The van der Waals surface area contributed by atoms with E-state index < -0.39 is 12.1 Å². The van der Waals surface area contributed by atoms with Crippen LogP contribution in [-0.4, -0.2) is 52.8 Å². The molecule has 8 heteroatoms. The Hall–Kier alpha value is -3.13. The third-order valence-electron chi connectivity index (χ3n) is 5.65. The standard InChI is InChI=1S/C22H26N4O4/c1-15-6-8-16(9-7-15)13-26-21(28)20-18(5-2-10-23-20)25(22(26)29)14-19(27)24-12-17-4-3-11-30-17/h3-4,6-9,11,18,20,23H,2,5,10,12-14H2,1H3,(H,24,27). The van der Waals surface area contributed by atoms with E-state index in [0.29, 0.717) is 12.2 Å².